The van der Waals surface area contributed by atoms with Gasteiger partial charge in [-0.05, 0) is 36.6 Å². The molecule has 5 nitrogen and oxygen atoms in total. The Hall–Kier alpha value is -2.82. The van der Waals surface area contributed by atoms with Gasteiger partial charge in [-0.2, -0.15) is 0 Å². The molecule has 0 bridgehead atoms. The molecule has 0 spiro atoms. The topological polar surface area (TPSA) is 84.2 Å². The van der Waals surface area contributed by atoms with Crippen LogP contribution in [0.5, 0.6) is 0 Å². The molecular formula is C18H19N3O2. The van der Waals surface area contributed by atoms with Crippen LogP contribution in [-0.2, 0) is 9.59 Å². The van der Waals surface area contributed by atoms with E-state index in [9.17, 15) is 9.59 Å². The van der Waals surface area contributed by atoms with Gasteiger partial charge in [0.25, 0.3) is 0 Å². The third-order valence-corrected chi connectivity index (χ3v) is 3.81. The summed E-state index contributed by atoms with van der Waals surface area (Å²) in [6.07, 6.45) is 1.92. The van der Waals surface area contributed by atoms with Gasteiger partial charge in [-0.25, -0.2) is 0 Å². The summed E-state index contributed by atoms with van der Waals surface area (Å²) >= 11 is 0. The molecule has 1 saturated carbocycles. The first-order valence-electron chi connectivity index (χ1n) is 7.65. The molecule has 118 valence electrons. The number of rotatable bonds is 6. The van der Waals surface area contributed by atoms with Gasteiger partial charge < -0.3 is 16.4 Å². The van der Waals surface area contributed by atoms with Gasteiger partial charge in [-0.3, -0.25) is 9.59 Å². The van der Waals surface area contributed by atoms with E-state index in [0.29, 0.717) is 5.69 Å². The smallest absolute Gasteiger partial charge is 0.244 e. The van der Waals surface area contributed by atoms with Crippen molar-refractivity contribution in [3.05, 3.63) is 60.2 Å². The minimum Gasteiger partial charge on any atom is -0.370 e. The fourth-order valence-electron chi connectivity index (χ4n) is 2.41. The summed E-state index contributed by atoms with van der Waals surface area (Å²) in [5, 5.41) is 6.02. The molecule has 0 aliphatic heterocycles. The number of carbonyl (C=O) groups excluding carboxylic acids is 2. The Morgan fingerprint density at radius 3 is 2.35 bits per heavy atom. The van der Waals surface area contributed by atoms with Gasteiger partial charge in [0, 0.05) is 17.3 Å². The van der Waals surface area contributed by atoms with Crippen molar-refractivity contribution in [1.82, 2.24) is 0 Å². The van der Waals surface area contributed by atoms with Crippen molar-refractivity contribution in [1.29, 1.82) is 0 Å². The van der Waals surface area contributed by atoms with Gasteiger partial charge in [0.15, 0.2) is 0 Å². The van der Waals surface area contributed by atoms with E-state index in [1.807, 2.05) is 48.5 Å². The van der Waals surface area contributed by atoms with E-state index in [-0.39, 0.29) is 11.8 Å². The molecule has 4 N–H and O–H groups in total. The van der Waals surface area contributed by atoms with Gasteiger partial charge >= 0.3 is 0 Å². The van der Waals surface area contributed by atoms with Gasteiger partial charge in [0.1, 0.15) is 6.04 Å². The number of hydrogen-bond donors (Lipinski definition) is 3. The summed E-state index contributed by atoms with van der Waals surface area (Å²) in [7, 11) is 0. The van der Waals surface area contributed by atoms with Gasteiger partial charge in [0.2, 0.25) is 11.8 Å². The number of nitrogens with two attached hydrogens (primary N) is 1. The van der Waals surface area contributed by atoms with Gasteiger partial charge in [0.05, 0.1) is 0 Å². The second-order valence-electron chi connectivity index (χ2n) is 5.73. The van der Waals surface area contributed by atoms with Gasteiger partial charge in [-0.15, -0.1) is 0 Å². The monoisotopic (exact) mass is 309 g/mol. The second-order valence-corrected chi connectivity index (χ2v) is 5.73. The van der Waals surface area contributed by atoms with Crippen LogP contribution in [0.4, 0.5) is 11.4 Å². The van der Waals surface area contributed by atoms with E-state index < -0.39 is 11.9 Å². The highest BCUT2D eigenvalue weighted by Gasteiger charge is 2.29. The minimum atomic E-state index is -0.620. The highest BCUT2D eigenvalue weighted by Crippen LogP contribution is 2.30. The van der Waals surface area contributed by atoms with Crippen molar-refractivity contribution in [2.45, 2.75) is 18.9 Å². The predicted molar refractivity (Wildman–Crippen MR) is 89.8 cm³/mol. The Morgan fingerprint density at radius 1 is 1.00 bits per heavy atom. The number of carbonyl (C=O) groups is 2. The molecule has 1 fully saturated rings. The van der Waals surface area contributed by atoms with Crippen LogP contribution in [0.1, 0.15) is 24.4 Å². The zero-order valence-electron chi connectivity index (χ0n) is 12.7. The number of anilines is 2. The Balaban J connectivity index is 1.75. The van der Waals surface area contributed by atoms with Gasteiger partial charge in [-0.1, -0.05) is 36.4 Å². The normalized spacial score (nSPS) is 14.8. The molecular weight excluding hydrogens is 290 g/mol. The molecule has 2 aromatic carbocycles. The zero-order valence-corrected chi connectivity index (χ0v) is 12.7. The summed E-state index contributed by atoms with van der Waals surface area (Å²) in [5.41, 5.74) is 7.75. The summed E-state index contributed by atoms with van der Waals surface area (Å²) < 4.78 is 0. The van der Waals surface area contributed by atoms with E-state index >= 15 is 0 Å². The Morgan fingerprint density at radius 2 is 1.70 bits per heavy atom. The summed E-state index contributed by atoms with van der Waals surface area (Å²) in [6.45, 7) is 0. The molecule has 1 aliphatic carbocycles. The molecule has 23 heavy (non-hydrogen) atoms. The van der Waals surface area contributed by atoms with Crippen LogP contribution < -0.4 is 16.4 Å². The lowest BCUT2D eigenvalue weighted by molar-refractivity contribution is -0.119. The fraction of sp³-hybridized carbons (Fsp3) is 0.222. The summed E-state index contributed by atoms with van der Waals surface area (Å²) in [5.74, 6) is -0.255. The molecule has 0 saturated heterocycles. The number of hydrogen-bond acceptors (Lipinski definition) is 3. The first-order chi connectivity index (χ1) is 11.1. The van der Waals surface area contributed by atoms with Crippen LogP contribution in [0.15, 0.2) is 54.6 Å². The third kappa shape index (κ3) is 3.88. The standard InChI is InChI=1S/C18H19N3O2/c19-17(22)16(12-5-2-1-3-6-12)20-14-7-4-8-15(11-14)21-18(23)13-9-10-13/h1-8,11,13,16,20H,9-10H2,(H2,19,22)(H,21,23)/t16-/m0/s1. The van der Waals surface area contributed by atoms with E-state index in [1.165, 1.54) is 0 Å². The minimum absolute atomic E-state index is 0.0525. The Bertz CT molecular complexity index is 711. The van der Waals surface area contributed by atoms with E-state index in [4.69, 9.17) is 5.73 Å². The summed E-state index contributed by atoms with van der Waals surface area (Å²) in [4.78, 5) is 23.6. The Labute approximate surface area is 134 Å². The van der Waals surface area contributed by atoms with Crippen LogP contribution in [0.3, 0.4) is 0 Å². The van der Waals surface area contributed by atoms with Crippen LogP contribution in [-0.4, -0.2) is 11.8 Å². The largest absolute Gasteiger partial charge is 0.370 e. The highest BCUT2D eigenvalue weighted by atomic mass is 16.2. The average Bonchev–Trinajstić information content (AvgIpc) is 3.38. The van der Waals surface area contributed by atoms with E-state index in [1.54, 1.807) is 6.07 Å². The van der Waals surface area contributed by atoms with Crippen molar-refractivity contribution in [2.75, 3.05) is 10.6 Å². The van der Waals surface area contributed by atoms with Crippen LogP contribution in [0, 0.1) is 5.92 Å². The molecule has 0 aromatic heterocycles. The lowest BCUT2D eigenvalue weighted by atomic mass is 10.1. The number of amides is 2. The fourth-order valence-corrected chi connectivity index (χ4v) is 2.41. The maximum Gasteiger partial charge on any atom is 0.244 e. The Kier molecular flexibility index (Phi) is 4.28. The second kappa shape index (κ2) is 6.52. The summed E-state index contributed by atoms with van der Waals surface area (Å²) in [6, 6.07) is 16.0. The van der Waals surface area contributed by atoms with Crippen LogP contribution >= 0.6 is 0 Å². The zero-order chi connectivity index (χ0) is 16.2. The first kappa shape index (κ1) is 15.1. The highest BCUT2D eigenvalue weighted by molar-refractivity contribution is 5.94. The maximum absolute atomic E-state index is 11.8. The van der Waals surface area contributed by atoms with E-state index in [0.717, 1.165) is 24.1 Å². The molecule has 0 radical (unpaired) electrons. The lowest BCUT2D eigenvalue weighted by Gasteiger charge is -2.18. The SMILES string of the molecule is NC(=O)[C@@H](Nc1cccc(NC(=O)C2CC2)c1)c1ccccc1. The quantitative estimate of drug-likeness (QED) is 0.767. The number of primary amides is 1. The molecule has 0 unspecified atom stereocenters. The molecule has 2 aromatic rings. The molecule has 1 atom stereocenters. The predicted octanol–water partition coefficient (Wildman–Crippen LogP) is 2.67. The molecule has 2 amide bonds. The third-order valence-electron chi connectivity index (χ3n) is 3.81. The van der Waals surface area contributed by atoms with Crippen molar-refractivity contribution in [2.24, 2.45) is 11.7 Å². The first-order valence-corrected chi connectivity index (χ1v) is 7.65. The van der Waals surface area contributed by atoms with E-state index in [2.05, 4.69) is 10.6 Å². The molecule has 3 rings (SSSR count). The van der Waals surface area contributed by atoms with Crippen molar-refractivity contribution < 1.29 is 9.59 Å². The number of benzene rings is 2. The van der Waals surface area contributed by atoms with Crippen LogP contribution in [0.25, 0.3) is 0 Å². The number of nitrogens with one attached hydrogen (secondary N) is 2. The molecule has 5 heteroatoms. The average molecular weight is 309 g/mol. The molecule has 0 heterocycles. The van der Waals surface area contributed by atoms with Crippen molar-refractivity contribution in [3.63, 3.8) is 0 Å². The maximum atomic E-state index is 11.8. The van der Waals surface area contributed by atoms with Crippen molar-refractivity contribution >= 4 is 23.2 Å². The molecule has 1 aliphatic rings. The lowest BCUT2D eigenvalue weighted by Crippen LogP contribution is -2.27. The van der Waals surface area contributed by atoms with Crippen molar-refractivity contribution in [3.8, 4) is 0 Å². The van der Waals surface area contributed by atoms with Crippen LogP contribution in [0.2, 0.25) is 0 Å².